The minimum atomic E-state index is -2.18. The Bertz CT molecular complexity index is 531. The van der Waals surface area contributed by atoms with Crippen molar-refractivity contribution in [3.8, 4) is 6.07 Å². The molecule has 0 saturated heterocycles. The first kappa shape index (κ1) is 13.6. The molecule has 1 aliphatic carbocycles. The number of benzene rings is 1. The predicted octanol–water partition coefficient (Wildman–Crippen LogP) is 3.49. The fraction of sp³-hybridized carbons (Fsp3) is 0.417. The standard InChI is InChI=1S/C12H9F5N2/c13-6-7(14)9(16)11(10(17)8(6)15)19-5-12(1-2-12)3-4-18/h19H,1-3,5H2. The van der Waals surface area contributed by atoms with Crippen LogP contribution in [-0.2, 0) is 0 Å². The van der Waals surface area contributed by atoms with E-state index in [0.717, 1.165) is 0 Å². The monoisotopic (exact) mass is 276 g/mol. The molecule has 0 heterocycles. The van der Waals surface area contributed by atoms with E-state index in [-0.39, 0.29) is 13.0 Å². The van der Waals surface area contributed by atoms with Gasteiger partial charge in [-0.15, -0.1) is 0 Å². The highest BCUT2D eigenvalue weighted by molar-refractivity contribution is 5.48. The van der Waals surface area contributed by atoms with Crippen LogP contribution in [0.25, 0.3) is 0 Å². The zero-order valence-electron chi connectivity index (χ0n) is 9.67. The second-order valence-corrected chi connectivity index (χ2v) is 4.63. The van der Waals surface area contributed by atoms with E-state index in [1.807, 2.05) is 6.07 Å². The third-order valence-electron chi connectivity index (χ3n) is 3.26. The van der Waals surface area contributed by atoms with Crippen molar-refractivity contribution in [1.29, 1.82) is 5.26 Å². The molecule has 1 saturated carbocycles. The number of rotatable bonds is 4. The lowest BCUT2D eigenvalue weighted by atomic mass is 10.0. The van der Waals surface area contributed by atoms with E-state index in [1.165, 1.54) is 0 Å². The molecule has 1 aliphatic rings. The number of nitrogens with zero attached hydrogens (tertiary/aromatic N) is 1. The van der Waals surface area contributed by atoms with Crippen LogP contribution < -0.4 is 5.32 Å². The average Bonchev–Trinajstić information content (AvgIpc) is 3.14. The summed E-state index contributed by atoms with van der Waals surface area (Å²) in [7, 11) is 0. The Kier molecular flexibility index (Phi) is 3.35. The molecule has 0 aromatic heterocycles. The topological polar surface area (TPSA) is 35.8 Å². The summed E-state index contributed by atoms with van der Waals surface area (Å²) < 4.78 is 65.3. The lowest BCUT2D eigenvalue weighted by molar-refractivity contribution is 0.380. The van der Waals surface area contributed by atoms with Crippen molar-refractivity contribution in [1.82, 2.24) is 0 Å². The van der Waals surface area contributed by atoms with Crippen molar-refractivity contribution in [2.24, 2.45) is 5.41 Å². The SMILES string of the molecule is N#CCC1(CNc2c(F)c(F)c(F)c(F)c2F)CC1. The van der Waals surface area contributed by atoms with E-state index < -0.39 is 40.2 Å². The van der Waals surface area contributed by atoms with Crippen LogP contribution in [0, 0.1) is 45.8 Å². The van der Waals surface area contributed by atoms with Gasteiger partial charge in [-0.25, -0.2) is 22.0 Å². The van der Waals surface area contributed by atoms with Gasteiger partial charge in [0.25, 0.3) is 0 Å². The molecule has 0 aliphatic heterocycles. The molecule has 19 heavy (non-hydrogen) atoms. The van der Waals surface area contributed by atoms with Crippen LogP contribution in [0.5, 0.6) is 0 Å². The largest absolute Gasteiger partial charge is 0.380 e. The van der Waals surface area contributed by atoms with Crippen molar-refractivity contribution in [3.63, 3.8) is 0 Å². The van der Waals surface area contributed by atoms with Crippen LogP contribution in [-0.4, -0.2) is 6.54 Å². The maximum Gasteiger partial charge on any atom is 0.200 e. The lowest BCUT2D eigenvalue weighted by Gasteiger charge is -2.15. The van der Waals surface area contributed by atoms with Gasteiger partial charge in [0.1, 0.15) is 5.69 Å². The molecule has 1 N–H and O–H groups in total. The summed E-state index contributed by atoms with van der Waals surface area (Å²) >= 11 is 0. The molecule has 0 radical (unpaired) electrons. The van der Waals surface area contributed by atoms with E-state index in [2.05, 4.69) is 5.32 Å². The minimum Gasteiger partial charge on any atom is -0.380 e. The van der Waals surface area contributed by atoms with Crippen LogP contribution in [0.3, 0.4) is 0 Å². The third kappa shape index (κ3) is 2.35. The molecule has 2 nitrogen and oxygen atoms in total. The van der Waals surface area contributed by atoms with Gasteiger partial charge in [-0.1, -0.05) is 0 Å². The second-order valence-electron chi connectivity index (χ2n) is 4.63. The van der Waals surface area contributed by atoms with Crippen molar-refractivity contribution in [2.75, 3.05) is 11.9 Å². The van der Waals surface area contributed by atoms with Gasteiger partial charge >= 0.3 is 0 Å². The number of anilines is 1. The first-order valence-electron chi connectivity index (χ1n) is 5.54. The molecular weight excluding hydrogens is 267 g/mol. The summed E-state index contributed by atoms with van der Waals surface area (Å²) in [4.78, 5) is 0. The quantitative estimate of drug-likeness (QED) is 0.519. The van der Waals surface area contributed by atoms with Crippen LogP contribution in [0.4, 0.5) is 27.6 Å². The summed E-state index contributed by atoms with van der Waals surface area (Å²) in [6.45, 7) is -0.00108. The highest BCUT2D eigenvalue weighted by atomic mass is 19.2. The van der Waals surface area contributed by atoms with Crippen LogP contribution >= 0.6 is 0 Å². The molecule has 1 fully saturated rings. The molecule has 102 valence electrons. The summed E-state index contributed by atoms with van der Waals surface area (Å²) in [6, 6.07) is 1.93. The third-order valence-corrected chi connectivity index (χ3v) is 3.26. The predicted molar refractivity (Wildman–Crippen MR) is 56.6 cm³/mol. The summed E-state index contributed by atoms with van der Waals surface area (Å²) in [5.41, 5.74) is -1.46. The van der Waals surface area contributed by atoms with Gasteiger partial charge in [-0.3, -0.25) is 0 Å². The van der Waals surface area contributed by atoms with Gasteiger partial charge in [-0.05, 0) is 12.8 Å². The fourth-order valence-electron chi connectivity index (χ4n) is 1.80. The average molecular weight is 276 g/mol. The Hall–Kier alpha value is -1.84. The number of hydrogen-bond donors (Lipinski definition) is 1. The van der Waals surface area contributed by atoms with Crippen LogP contribution in [0.2, 0.25) is 0 Å². The van der Waals surface area contributed by atoms with Gasteiger partial charge in [0.2, 0.25) is 5.82 Å². The molecule has 7 heteroatoms. The summed E-state index contributed by atoms with van der Waals surface area (Å²) in [6.07, 6.45) is 1.54. The van der Waals surface area contributed by atoms with E-state index >= 15 is 0 Å². The van der Waals surface area contributed by atoms with E-state index in [1.54, 1.807) is 0 Å². The van der Waals surface area contributed by atoms with Gasteiger partial charge in [0, 0.05) is 18.4 Å². The normalized spacial score (nSPS) is 16.0. The Balaban J connectivity index is 2.24. The molecule has 0 atom stereocenters. The van der Waals surface area contributed by atoms with Gasteiger partial charge in [0.15, 0.2) is 23.3 Å². The molecule has 1 aromatic rings. The van der Waals surface area contributed by atoms with Crippen LogP contribution in [0.1, 0.15) is 19.3 Å². The maximum atomic E-state index is 13.3. The van der Waals surface area contributed by atoms with Crippen molar-refractivity contribution >= 4 is 5.69 Å². The molecule has 0 bridgehead atoms. The highest BCUT2D eigenvalue weighted by Crippen LogP contribution is 2.48. The zero-order chi connectivity index (χ0) is 14.2. The maximum absolute atomic E-state index is 13.3. The van der Waals surface area contributed by atoms with E-state index in [4.69, 9.17) is 5.26 Å². The highest BCUT2D eigenvalue weighted by Gasteiger charge is 2.42. The zero-order valence-corrected chi connectivity index (χ0v) is 9.67. The fourth-order valence-corrected chi connectivity index (χ4v) is 1.80. The minimum absolute atomic E-state index is 0.00108. The molecule has 0 amide bonds. The summed E-state index contributed by atoms with van der Waals surface area (Å²) in [5.74, 6) is -9.91. The Morgan fingerprint density at radius 3 is 1.84 bits per heavy atom. The number of nitrogens with one attached hydrogen (secondary N) is 1. The van der Waals surface area contributed by atoms with Crippen molar-refractivity contribution in [3.05, 3.63) is 29.1 Å². The summed E-state index contributed by atoms with van der Waals surface area (Å²) in [5, 5.41) is 10.8. The molecule has 1 aromatic carbocycles. The first-order chi connectivity index (χ1) is 8.92. The van der Waals surface area contributed by atoms with Gasteiger partial charge in [-0.2, -0.15) is 5.26 Å². The Labute approximate surface area is 105 Å². The smallest absolute Gasteiger partial charge is 0.200 e. The van der Waals surface area contributed by atoms with Crippen LogP contribution in [0.15, 0.2) is 0 Å². The number of nitriles is 1. The molecule has 2 rings (SSSR count). The van der Waals surface area contributed by atoms with E-state index in [9.17, 15) is 22.0 Å². The molecular formula is C12H9F5N2. The molecule has 0 unspecified atom stereocenters. The number of halogens is 5. The Morgan fingerprint density at radius 1 is 0.947 bits per heavy atom. The molecule has 0 spiro atoms. The van der Waals surface area contributed by atoms with Gasteiger partial charge in [0.05, 0.1) is 6.07 Å². The van der Waals surface area contributed by atoms with Gasteiger partial charge < -0.3 is 5.32 Å². The number of hydrogen-bond acceptors (Lipinski definition) is 2. The lowest BCUT2D eigenvalue weighted by Crippen LogP contribution is -2.18. The first-order valence-corrected chi connectivity index (χ1v) is 5.54. The van der Waals surface area contributed by atoms with Crippen molar-refractivity contribution < 1.29 is 22.0 Å². The Morgan fingerprint density at radius 2 is 1.42 bits per heavy atom. The van der Waals surface area contributed by atoms with E-state index in [0.29, 0.717) is 12.8 Å². The van der Waals surface area contributed by atoms with Crippen molar-refractivity contribution in [2.45, 2.75) is 19.3 Å². The second kappa shape index (κ2) is 4.68.